The summed E-state index contributed by atoms with van der Waals surface area (Å²) in [5, 5.41) is 21.1. The molecule has 0 spiro atoms. The molecule has 180 valence electrons. The van der Waals surface area contributed by atoms with Gasteiger partial charge in [-0.3, -0.25) is 9.69 Å². The van der Waals surface area contributed by atoms with Crippen LogP contribution in [0.5, 0.6) is 0 Å². The second kappa shape index (κ2) is 8.37. The van der Waals surface area contributed by atoms with Gasteiger partial charge in [0.05, 0.1) is 24.0 Å². The lowest BCUT2D eigenvalue weighted by Crippen LogP contribution is -2.61. The highest BCUT2D eigenvalue weighted by Crippen LogP contribution is 2.30. The van der Waals surface area contributed by atoms with Gasteiger partial charge in [0.25, 0.3) is 5.91 Å². The lowest BCUT2D eigenvalue weighted by Gasteiger charge is -2.42. The molecule has 1 fully saturated rings. The Morgan fingerprint density at radius 3 is 2.61 bits per heavy atom. The number of aromatic nitrogens is 4. The van der Waals surface area contributed by atoms with Crippen molar-refractivity contribution in [1.82, 2.24) is 20.0 Å². The minimum atomic E-state index is -4.69. The first-order valence-corrected chi connectivity index (χ1v) is 9.93. The highest BCUT2D eigenvalue weighted by Gasteiger charge is 2.47. The standard InChI is InChI=1S/C20H24F3N5O5/c1-18(2,3)33-17(31)14(29)15-16(30)27(10-19(4,5)32-15)13-6-7-28(26-13)11-8-12(20(21,22)23)25-24-9-11/h6-9,14-15,29H,10H2,1-5H3/t14-,15-/m1/s1. The van der Waals surface area contributed by atoms with Crippen molar-refractivity contribution in [1.29, 1.82) is 0 Å². The molecule has 0 saturated carbocycles. The zero-order chi connectivity index (χ0) is 24.8. The molecular formula is C20H24F3N5O5. The van der Waals surface area contributed by atoms with E-state index >= 15 is 0 Å². The third-order valence-corrected chi connectivity index (χ3v) is 4.48. The number of alkyl halides is 3. The monoisotopic (exact) mass is 471 g/mol. The smallest absolute Gasteiger partial charge is 0.435 e. The summed E-state index contributed by atoms with van der Waals surface area (Å²) in [7, 11) is 0. The summed E-state index contributed by atoms with van der Waals surface area (Å²) in [6.07, 6.45) is -5.70. The fourth-order valence-corrected chi connectivity index (χ4v) is 3.15. The zero-order valence-corrected chi connectivity index (χ0v) is 18.6. The van der Waals surface area contributed by atoms with Gasteiger partial charge in [-0.1, -0.05) is 0 Å². The predicted octanol–water partition coefficient (Wildman–Crippen LogP) is 1.89. The molecule has 0 aliphatic carbocycles. The van der Waals surface area contributed by atoms with E-state index in [1.165, 1.54) is 17.2 Å². The van der Waals surface area contributed by atoms with Gasteiger partial charge in [-0.05, 0) is 40.7 Å². The van der Waals surface area contributed by atoms with E-state index in [2.05, 4.69) is 15.3 Å². The van der Waals surface area contributed by atoms with Crippen LogP contribution in [0.15, 0.2) is 24.5 Å². The SMILES string of the molecule is CC(C)(C)OC(=O)[C@H](O)[C@H]1OC(C)(C)CN(c2ccn(-c3cnnc(C(F)(F)F)c3)n2)C1=O. The number of hydrogen-bond donors (Lipinski definition) is 1. The number of halogens is 3. The molecule has 0 radical (unpaired) electrons. The molecule has 2 aromatic rings. The van der Waals surface area contributed by atoms with Crippen LogP contribution in [0, 0.1) is 0 Å². The first kappa shape index (κ1) is 24.6. The van der Waals surface area contributed by atoms with Crippen LogP contribution >= 0.6 is 0 Å². The van der Waals surface area contributed by atoms with E-state index in [0.29, 0.717) is 0 Å². The molecule has 3 rings (SSSR count). The van der Waals surface area contributed by atoms with E-state index in [0.717, 1.165) is 16.9 Å². The summed E-state index contributed by atoms with van der Waals surface area (Å²) < 4.78 is 50.7. The molecular weight excluding hydrogens is 447 g/mol. The number of hydrogen-bond acceptors (Lipinski definition) is 8. The zero-order valence-electron chi connectivity index (χ0n) is 18.6. The Hall–Kier alpha value is -3.06. The Labute approximate surface area is 187 Å². The molecule has 1 aliphatic rings. The summed E-state index contributed by atoms with van der Waals surface area (Å²) in [6.45, 7) is 8.16. The maximum absolute atomic E-state index is 13.1. The molecule has 33 heavy (non-hydrogen) atoms. The van der Waals surface area contributed by atoms with Crippen LogP contribution < -0.4 is 4.90 Å². The quantitative estimate of drug-likeness (QED) is 0.672. The van der Waals surface area contributed by atoms with E-state index in [-0.39, 0.29) is 18.1 Å². The lowest BCUT2D eigenvalue weighted by atomic mass is 10.0. The van der Waals surface area contributed by atoms with Gasteiger partial charge in [0.15, 0.2) is 23.7 Å². The molecule has 1 aliphatic heterocycles. The number of morpholine rings is 1. The second-order valence-electron chi connectivity index (χ2n) is 9.12. The Morgan fingerprint density at radius 2 is 2.00 bits per heavy atom. The molecule has 0 unspecified atom stereocenters. The maximum atomic E-state index is 13.1. The molecule has 1 N–H and O–H groups in total. The van der Waals surface area contributed by atoms with Gasteiger partial charge in [0.2, 0.25) is 0 Å². The van der Waals surface area contributed by atoms with Crippen molar-refractivity contribution >= 4 is 17.7 Å². The summed E-state index contributed by atoms with van der Waals surface area (Å²) in [6, 6.07) is 2.17. The summed E-state index contributed by atoms with van der Waals surface area (Å²) in [5.74, 6) is -1.68. The number of rotatable bonds is 4. The Bertz CT molecular complexity index is 1050. The van der Waals surface area contributed by atoms with Crippen LogP contribution in [-0.4, -0.2) is 66.9 Å². The van der Waals surface area contributed by atoms with Gasteiger partial charge >= 0.3 is 12.1 Å². The number of carbonyl (C=O) groups excluding carboxylic acids is 2. The fraction of sp³-hybridized carbons (Fsp3) is 0.550. The molecule has 13 heteroatoms. The van der Waals surface area contributed by atoms with E-state index in [1.54, 1.807) is 34.6 Å². The van der Waals surface area contributed by atoms with Gasteiger partial charge < -0.3 is 14.6 Å². The summed E-state index contributed by atoms with van der Waals surface area (Å²) >= 11 is 0. The molecule has 0 bridgehead atoms. The average Bonchev–Trinajstić information content (AvgIpc) is 3.17. The van der Waals surface area contributed by atoms with Crippen molar-refractivity contribution in [3.05, 3.63) is 30.2 Å². The van der Waals surface area contributed by atoms with E-state index < -0.39 is 47.2 Å². The van der Waals surface area contributed by atoms with Crippen LogP contribution in [0.2, 0.25) is 0 Å². The van der Waals surface area contributed by atoms with Crippen molar-refractivity contribution in [3.63, 3.8) is 0 Å². The number of esters is 1. The molecule has 0 aromatic carbocycles. The van der Waals surface area contributed by atoms with Crippen molar-refractivity contribution in [2.45, 2.75) is 64.2 Å². The van der Waals surface area contributed by atoms with E-state index in [4.69, 9.17) is 9.47 Å². The van der Waals surface area contributed by atoms with Crippen LogP contribution in [0.3, 0.4) is 0 Å². The second-order valence-corrected chi connectivity index (χ2v) is 9.12. The fourth-order valence-electron chi connectivity index (χ4n) is 3.15. The molecule has 2 aromatic heterocycles. The molecule has 2 atom stereocenters. The van der Waals surface area contributed by atoms with Crippen molar-refractivity contribution in [3.8, 4) is 5.69 Å². The van der Waals surface area contributed by atoms with E-state index in [1.807, 2.05) is 0 Å². The topological polar surface area (TPSA) is 120 Å². The normalized spacial score (nSPS) is 20.0. The van der Waals surface area contributed by atoms with Gasteiger partial charge in [-0.2, -0.15) is 18.3 Å². The number of ether oxygens (including phenoxy) is 2. The molecule has 10 nitrogen and oxygen atoms in total. The first-order valence-electron chi connectivity index (χ1n) is 9.93. The number of anilines is 1. The van der Waals surface area contributed by atoms with Crippen molar-refractivity contribution in [2.24, 2.45) is 0 Å². The molecule has 3 heterocycles. The summed E-state index contributed by atoms with van der Waals surface area (Å²) in [5.41, 5.74) is -3.08. The van der Waals surface area contributed by atoms with E-state index in [9.17, 15) is 27.9 Å². The minimum absolute atomic E-state index is 0.0166. The third-order valence-electron chi connectivity index (χ3n) is 4.48. The van der Waals surface area contributed by atoms with Crippen LogP contribution in [-0.2, 0) is 25.2 Å². The van der Waals surface area contributed by atoms with Gasteiger partial charge in [-0.25, -0.2) is 9.48 Å². The molecule has 1 amide bonds. The van der Waals surface area contributed by atoms with Gasteiger partial charge in [-0.15, -0.1) is 10.2 Å². The number of nitrogens with zero attached hydrogens (tertiary/aromatic N) is 5. The molecule has 1 saturated heterocycles. The van der Waals surface area contributed by atoms with Gasteiger partial charge in [0, 0.05) is 12.3 Å². The number of aliphatic hydroxyl groups excluding tert-OH is 1. The highest BCUT2D eigenvalue weighted by molar-refractivity contribution is 6.00. The van der Waals surface area contributed by atoms with Crippen LogP contribution in [0.1, 0.15) is 40.3 Å². The van der Waals surface area contributed by atoms with Crippen LogP contribution in [0.25, 0.3) is 5.69 Å². The Kier molecular flexibility index (Phi) is 6.24. The predicted molar refractivity (Wildman–Crippen MR) is 107 cm³/mol. The average molecular weight is 471 g/mol. The largest absolute Gasteiger partial charge is 0.458 e. The van der Waals surface area contributed by atoms with Crippen molar-refractivity contribution in [2.75, 3.05) is 11.4 Å². The maximum Gasteiger partial charge on any atom is 0.435 e. The number of amides is 1. The Balaban J connectivity index is 1.88. The Morgan fingerprint density at radius 1 is 1.33 bits per heavy atom. The first-order chi connectivity index (χ1) is 15.1. The minimum Gasteiger partial charge on any atom is -0.458 e. The van der Waals surface area contributed by atoms with Gasteiger partial charge in [0.1, 0.15) is 5.60 Å². The highest BCUT2D eigenvalue weighted by atomic mass is 19.4. The number of aliphatic hydroxyl groups is 1. The lowest BCUT2D eigenvalue weighted by molar-refractivity contribution is -0.188. The number of carbonyl (C=O) groups is 2. The third kappa shape index (κ3) is 5.66. The van der Waals surface area contributed by atoms with Crippen LogP contribution in [0.4, 0.5) is 19.0 Å². The van der Waals surface area contributed by atoms with Crippen molar-refractivity contribution < 1.29 is 37.3 Å². The summed E-state index contributed by atoms with van der Waals surface area (Å²) in [4.78, 5) is 26.6.